The zero-order valence-electron chi connectivity index (χ0n) is 22.3. The van der Waals surface area contributed by atoms with Crippen LogP contribution < -0.4 is 4.74 Å². The summed E-state index contributed by atoms with van der Waals surface area (Å²) < 4.78 is 5.78. The van der Waals surface area contributed by atoms with Crippen molar-refractivity contribution >= 4 is 17.4 Å². The minimum Gasteiger partial charge on any atom is -0.507 e. The van der Waals surface area contributed by atoms with Crippen molar-refractivity contribution in [3.8, 4) is 5.75 Å². The summed E-state index contributed by atoms with van der Waals surface area (Å²) in [6, 6.07) is 14.4. The van der Waals surface area contributed by atoms with Crippen LogP contribution in [0.15, 0.2) is 54.1 Å². The first kappa shape index (κ1) is 27.5. The SMILES string of the molecule is CCCCCOc1ccc(/C(O)=C2/C(=O)C(=O)N(CCCN(C)C)C2c2ccc(C(C)C)cc2)cc1. The number of hydrogen-bond donors (Lipinski definition) is 1. The van der Waals surface area contributed by atoms with E-state index in [4.69, 9.17) is 4.74 Å². The van der Waals surface area contributed by atoms with E-state index in [0.717, 1.165) is 37.8 Å². The maximum absolute atomic E-state index is 13.2. The molecule has 6 nitrogen and oxygen atoms in total. The largest absolute Gasteiger partial charge is 0.507 e. The van der Waals surface area contributed by atoms with Crippen molar-refractivity contribution in [2.75, 3.05) is 33.8 Å². The summed E-state index contributed by atoms with van der Waals surface area (Å²) >= 11 is 0. The Bertz CT molecular complexity index is 1060. The van der Waals surface area contributed by atoms with E-state index in [-0.39, 0.29) is 11.3 Å². The summed E-state index contributed by atoms with van der Waals surface area (Å²) in [6.45, 7) is 8.26. The molecule has 1 aliphatic rings. The van der Waals surface area contributed by atoms with Crippen molar-refractivity contribution in [1.82, 2.24) is 9.80 Å². The van der Waals surface area contributed by atoms with Crippen LogP contribution in [0, 0.1) is 0 Å². The van der Waals surface area contributed by atoms with Crippen LogP contribution in [-0.2, 0) is 9.59 Å². The number of unbranched alkanes of at least 4 members (excludes halogenated alkanes) is 2. The van der Waals surface area contributed by atoms with E-state index in [1.54, 1.807) is 29.2 Å². The van der Waals surface area contributed by atoms with E-state index in [0.29, 0.717) is 30.4 Å². The number of ketones is 1. The van der Waals surface area contributed by atoms with Gasteiger partial charge in [0, 0.05) is 12.1 Å². The van der Waals surface area contributed by atoms with Crippen LogP contribution in [0.1, 0.15) is 75.1 Å². The molecule has 1 atom stereocenters. The van der Waals surface area contributed by atoms with Crippen LogP contribution in [-0.4, -0.2) is 60.4 Å². The van der Waals surface area contributed by atoms with Gasteiger partial charge in [0.1, 0.15) is 11.5 Å². The molecule has 1 N–H and O–H groups in total. The summed E-state index contributed by atoms with van der Waals surface area (Å²) in [6.07, 6.45) is 3.96. The molecule has 194 valence electrons. The Kier molecular flexibility index (Phi) is 9.71. The first-order chi connectivity index (χ1) is 17.2. The van der Waals surface area contributed by atoms with Crippen LogP contribution >= 0.6 is 0 Å². The smallest absolute Gasteiger partial charge is 0.295 e. The molecule has 3 rings (SSSR count). The fourth-order valence-electron chi connectivity index (χ4n) is 4.48. The van der Waals surface area contributed by atoms with Crippen molar-refractivity contribution in [3.05, 3.63) is 70.8 Å². The van der Waals surface area contributed by atoms with E-state index in [1.165, 1.54) is 5.56 Å². The zero-order valence-corrected chi connectivity index (χ0v) is 22.3. The van der Waals surface area contributed by atoms with Crippen LogP contribution in [0.5, 0.6) is 5.75 Å². The molecule has 1 aliphatic heterocycles. The van der Waals surface area contributed by atoms with E-state index >= 15 is 0 Å². The topological polar surface area (TPSA) is 70.1 Å². The molecule has 0 spiro atoms. The molecule has 2 aromatic carbocycles. The van der Waals surface area contributed by atoms with Gasteiger partial charge in [-0.3, -0.25) is 9.59 Å². The Labute approximate surface area is 215 Å². The highest BCUT2D eigenvalue weighted by Crippen LogP contribution is 2.40. The molecule has 0 bridgehead atoms. The lowest BCUT2D eigenvalue weighted by atomic mass is 9.93. The second-order valence-corrected chi connectivity index (χ2v) is 10.1. The number of aliphatic hydroxyl groups is 1. The monoisotopic (exact) mass is 492 g/mol. The average Bonchev–Trinajstić information content (AvgIpc) is 3.11. The molecule has 2 aromatic rings. The van der Waals surface area contributed by atoms with Gasteiger partial charge in [0.15, 0.2) is 0 Å². The first-order valence-corrected chi connectivity index (χ1v) is 13.0. The number of amides is 1. The molecule has 0 aromatic heterocycles. The van der Waals surface area contributed by atoms with Gasteiger partial charge in [-0.05, 0) is 74.8 Å². The highest BCUT2D eigenvalue weighted by atomic mass is 16.5. The van der Waals surface area contributed by atoms with E-state index < -0.39 is 17.7 Å². The van der Waals surface area contributed by atoms with Crippen LogP contribution in [0.2, 0.25) is 0 Å². The van der Waals surface area contributed by atoms with Gasteiger partial charge in [0.25, 0.3) is 11.7 Å². The Morgan fingerprint density at radius 3 is 2.25 bits per heavy atom. The molecule has 1 fully saturated rings. The number of ether oxygens (including phenoxy) is 1. The Hall–Kier alpha value is -3.12. The number of carbonyl (C=O) groups is 2. The third-order valence-electron chi connectivity index (χ3n) is 6.61. The molecule has 1 heterocycles. The van der Waals surface area contributed by atoms with Crippen molar-refractivity contribution in [1.29, 1.82) is 0 Å². The maximum atomic E-state index is 13.2. The molecular formula is C30H40N2O4. The van der Waals surface area contributed by atoms with Crippen LogP contribution in [0.3, 0.4) is 0 Å². The standard InChI is InChI=1S/C30H40N2O4/c1-6-7-8-20-36-25-16-14-24(15-17-25)28(33)26-27(23-12-10-22(11-13-23)21(2)3)32(30(35)29(26)34)19-9-18-31(4)5/h10-17,21,27,33H,6-9,18-20H2,1-5H3/b28-26-. The lowest BCUT2D eigenvalue weighted by Gasteiger charge is -2.26. The molecule has 0 saturated carbocycles. The molecular weight excluding hydrogens is 452 g/mol. The molecule has 1 amide bonds. The van der Waals surface area contributed by atoms with E-state index in [2.05, 4.69) is 25.7 Å². The Morgan fingerprint density at radius 1 is 1.00 bits per heavy atom. The molecule has 6 heteroatoms. The van der Waals surface area contributed by atoms with Gasteiger partial charge in [0.2, 0.25) is 0 Å². The van der Waals surface area contributed by atoms with Crippen molar-refractivity contribution in [3.63, 3.8) is 0 Å². The van der Waals surface area contributed by atoms with Crippen molar-refractivity contribution in [2.45, 2.75) is 58.4 Å². The molecule has 0 aliphatic carbocycles. The number of likely N-dealkylation sites (tertiary alicyclic amines) is 1. The first-order valence-electron chi connectivity index (χ1n) is 13.0. The molecule has 1 saturated heterocycles. The van der Waals surface area contributed by atoms with Gasteiger partial charge < -0.3 is 19.6 Å². The summed E-state index contributed by atoms with van der Waals surface area (Å²) in [5, 5.41) is 11.3. The summed E-state index contributed by atoms with van der Waals surface area (Å²) in [5.41, 5.74) is 2.63. The van der Waals surface area contributed by atoms with Gasteiger partial charge in [-0.2, -0.15) is 0 Å². The molecule has 0 radical (unpaired) electrons. The lowest BCUT2D eigenvalue weighted by Crippen LogP contribution is -2.32. The minimum atomic E-state index is -0.643. The zero-order chi connectivity index (χ0) is 26.2. The fourth-order valence-corrected chi connectivity index (χ4v) is 4.48. The van der Waals surface area contributed by atoms with Gasteiger partial charge in [-0.1, -0.05) is 57.9 Å². The van der Waals surface area contributed by atoms with Crippen molar-refractivity contribution in [2.24, 2.45) is 0 Å². The third kappa shape index (κ3) is 6.55. The maximum Gasteiger partial charge on any atom is 0.295 e. The van der Waals surface area contributed by atoms with Gasteiger partial charge in [0.05, 0.1) is 18.2 Å². The average molecular weight is 493 g/mol. The Morgan fingerprint density at radius 2 is 1.67 bits per heavy atom. The highest BCUT2D eigenvalue weighted by molar-refractivity contribution is 6.46. The highest BCUT2D eigenvalue weighted by Gasteiger charge is 2.45. The van der Waals surface area contributed by atoms with Gasteiger partial charge >= 0.3 is 0 Å². The fraction of sp³-hybridized carbons (Fsp3) is 0.467. The van der Waals surface area contributed by atoms with E-state index in [9.17, 15) is 14.7 Å². The van der Waals surface area contributed by atoms with Crippen LogP contribution in [0.4, 0.5) is 0 Å². The number of hydrogen-bond acceptors (Lipinski definition) is 5. The number of aliphatic hydroxyl groups excluding tert-OH is 1. The summed E-state index contributed by atoms with van der Waals surface area (Å²) in [5.74, 6) is -0.279. The lowest BCUT2D eigenvalue weighted by molar-refractivity contribution is -0.139. The second kappa shape index (κ2) is 12.7. The van der Waals surface area contributed by atoms with Crippen molar-refractivity contribution < 1.29 is 19.4 Å². The summed E-state index contributed by atoms with van der Waals surface area (Å²) in [4.78, 5) is 30.0. The molecule has 36 heavy (non-hydrogen) atoms. The number of benzene rings is 2. The van der Waals surface area contributed by atoms with Gasteiger partial charge in [-0.25, -0.2) is 0 Å². The van der Waals surface area contributed by atoms with Gasteiger partial charge in [-0.15, -0.1) is 0 Å². The van der Waals surface area contributed by atoms with E-state index in [1.807, 2.05) is 38.4 Å². The molecule has 1 unspecified atom stereocenters. The predicted molar refractivity (Wildman–Crippen MR) is 144 cm³/mol. The number of carbonyl (C=O) groups excluding carboxylic acids is 2. The number of rotatable bonds is 12. The number of nitrogens with zero attached hydrogens (tertiary/aromatic N) is 2. The second-order valence-electron chi connectivity index (χ2n) is 10.1. The minimum absolute atomic E-state index is 0.138. The quantitative estimate of drug-likeness (QED) is 0.177. The van der Waals surface area contributed by atoms with Crippen LogP contribution in [0.25, 0.3) is 5.76 Å². The predicted octanol–water partition coefficient (Wildman–Crippen LogP) is 5.75. The third-order valence-corrected chi connectivity index (χ3v) is 6.61. The Balaban J connectivity index is 1.95. The number of Topliss-reactive ketones (excluding diaryl/α,β-unsaturated/α-hetero) is 1. The normalized spacial score (nSPS) is 17.4. The summed E-state index contributed by atoms with van der Waals surface area (Å²) in [7, 11) is 3.96.